The van der Waals surface area contributed by atoms with Crippen LogP contribution in [0.4, 0.5) is 0 Å². The van der Waals surface area contributed by atoms with Crippen molar-refractivity contribution in [3.8, 4) is 56.4 Å². The number of furan rings is 2. The van der Waals surface area contributed by atoms with Crippen molar-refractivity contribution in [3.63, 3.8) is 0 Å². The van der Waals surface area contributed by atoms with E-state index >= 15 is 0 Å². The standard InChI is InChI=1S/C49H29N3O2/c1-2-13-31(14-3-1)47-50-48(33-25-24-30-12-4-5-15-32(30)26-33)52-49(51-47)36-28-34(37-18-10-20-41-39-16-6-8-22-43(39)53-45(37)41)27-35(29-36)38-19-11-21-42-40-17-7-9-23-44(40)54-46(38)42/h1-29H. The summed E-state index contributed by atoms with van der Waals surface area (Å²) in [6.45, 7) is 0. The predicted molar refractivity (Wildman–Crippen MR) is 219 cm³/mol. The van der Waals surface area contributed by atoms with Gasteiger partial charge in [0.15, 0.2) is 17.5 Å². The fraction of sp³-hybridized carbons (Fsp3) is 0. The number of aromatic nitrogens is 3. The number of fused-ring (bicyclic) bond motifs is 7. The fourth-order valence-corrected chi connectivity index (χ4v) is 7.70. The van der Waals surface area contributed by atoms with Gasteiger partial charge in [-0.3, -0.25) is 0 Å². The average Bonchev–Trinajstić information content (AvgIpc) is 3.82. The van der Waals surface area contributed by atoms with Crippen molar-refractivity contribution in [1.29, 1.82) is 0 Å². The van der Waals surface area contributed by atoms with Gasteiger partial charge in [-0.25, -0.2) is 15.0 Å². The van der Waals surface area contributed by atoms with Gasteiger partial charge in [-0.15, -0.1) is 0 Å². The van der Waals surface area contributed by atoms with Gasteiger partial charge in [0.25, 0.3) is 0 Å². The Morgan fingerprint density at radius 3 is 1.41 bits per heavy atom. The molecular weight excluding hydrogens is 663 g/mol. The first-order valence-electron chi connectivity index (χ1n) is 18.0. The van der Waals surface area contributed by atoms with E-state index in [1.54, 1.807) is 0 Å². The summed E-state index contributed by atoms with van der Waals surface area (Å²) < 4.78 is 13.1. The molecule has 11 rings (SSSR count). The zero-order valence-electron chi connectivity index (χ0n) is 28.9. The quantitative estimate of drug-likeness (QED) is 0.180. The van der Waals surface area contributed by atoms with Crippen molar-refractivity contribution < 1.29 is 8.83 Å². The lowest BCUT2D eigenvalue weighted by Crippen LogP contribution is -2.00. The van der Waals surface area contributed by atoms with Crippen LogP contribution in [0.5, 0.6) is 0 Å². The molecule has 11 aromatic rings. The number of hydrogen-bond donors (Lipinski definition) is 0. The summed E-state index contributed by atoms with van der Waals surface area (Å²) in [5, 5.41) is 6.60. The fourth-order valence-electron chi connectivity index (χ4n) is 7.70. The molecule has 0 N–H and O–H groups in total. The molecule has 0 radical (unpaired) electrons. The van der Waals surface area contributed by atoms with Gasteiger partial charge >= 0.3 is 0 Å². The predicted octanol–water partition coefficient (Wildman–Crippen LogP) is 13.2. The number of benzene rings is 8. The van der Waals surface area contributed by atoms with Crippen LogP contribution in [0.15, 0.2) is 185 Å². The van der Waals surface area contributed by atoms with Crippen LogP contribution in [0.2, 0.25) is 0 Å². The summed E-state index contributed by atoms with van der Waals surface area (Å²) in [4.78, 5) is 15.4. The molecule has 5 nitrogen and oxygen atoms in total. The molecule has 0 aliphatic rings. The molecule has 0 fully saturated rings. The summed E-state index contributed by atoms with van der Waals surface area (Å²) >= 11 is 0. The maximum absolute atomic E-state index is 6.57. The molecule has 5 heteroatoms. The summed E-state index contributed by atoms with van der Waals surface area (Å²) in [6.07, 6.45) is 0. The van der Waals surface area contributed by atoms with Crippen molar-refractivity contribution >= 4 is 54.6 Å². The van der Waals surface area contributed by atoms with Crippen LogP contribution in [0, 0.1) is 0 Å². The van der Waals surface area contributed by atoms with E-state index in [1.165, 1.54) is 0 Å². The Kier molecular flexibility index (Phi) is 6.79. The first kappa shape index (κ1) is 30.3. The van der Waals surface area contributed by atoms with E-state index in [0.717, 1.165) is 93.6 Å². The van der Waals surface area contributed by atoms with Crippen LogP contribution in [0.25, 0.3) is 111 Å². The third-order valence-electron chi connectivity index (χ3n) is 10.3. The highest BCUT2D eigenvalue weighted by Gasteiger charge is 2.19. The van der Waals surface area contributed by atoms with Gasteiger partial charge in [0.2, 0.25) is 0 Å². The smallest absolute Gasteiger partial charge is 0.164 e. The van der Waals surface area contributed by atoms with Crippen molar-refractivity contribution in [2.75, 3.05) is 0 Å². The van der Waals surface area contributed by atoms with Crippen LogP contribution in [0.3, 0.4) is 0 Å². The van der Waals surface area contributed by atoms with Gasteiger partial charge in [0, 0.05) is 49.4 Å². The van der Waals surface area contributed by atoms with E-state index in [9.17, 15) is 0 Å². The minimum absolute atomic E-state index is 0.573. The molecule has 0 unspecified atom stereocenters. The molecule has 0 bridgehead atoms. The second kappa shape index (κ2) is 12.1. The zero-order valence-corrected chi connectivity index (χ0v) is 28.9. The van der Waals surface area contributed by atoms with Crippen molar-refractivity contribution in [2.45, 2.75) is 0 Å². The van der Waals surface area contributed by atoms with E-state index in [2.05, 4.69) is 121 Å². The highest BCUT2D eigenvalue weighted by molar-refractivity contribution is 6.11. The summed E-state index contributed by atoms with van der Waals surface area (Å²) in [5.41, 5.74) is 9.99. The minimum atomic E-state index is 0.573. The van der Waals surface area contributed by atoms with Gasteiger partial charge in [0.1, 0.15) is 22.3 Å². The minimum Gasteiger partial charge on any atom is -0.455 e. The second-order valence-electron chi connectivity index (χ2n) is 13.6. The molecule has 0 aliphatic heterocycles. The second-order valence-corrected chi connectivity index (χ2v) is 13.6. The maximum Gasteiger partial charge on any atom is 0.164 e. The lowest BCUT2D eigenvalue weighted by molar-refractivity contribution is 0.670. The molecule has 0 aliphatic carbocycles. The Balaban J connectivity index is 1.19. The van der Waals surface area contributed by atoms with Crippen LogP contribution in [0.1, 0.15) is 0 Å². The molecule has 0 spiro atoms. The summed E-state index contributed by atoms with van der Waals surface area (Å²) in [7, 11) is 0. The van der Waals surface area contributed by atoms with Crippen molar-refractivity contribution in [3.05, 3.63) is 176 Å². The molecule has 3 heterocycles. The van der Waals surface area contributed by atoms with Gasteiger partial charge in [-0.05, 0) is 58.3 Å². The SMILES string of the molecule is c1ccc(-c2nc(-c3cc(-c4cccc5c4oc4ccccc45)cc(-c4cccc5c4oc4ccccc45)c3)nc(-c3ccc4ccccc4c3)n2)cc1. The van der Waals surface area contributed by atoms with Crippen LogP contribution in [-0.2, 0) is 0 Å². The first-order chi connectivity index (χ1) is 26.7. The van der Waals surface area contributed by atoms with E-state index in [0.29, 0.717) is 17.5 Å². The highest BCUT2D eigenvalue weighted by atomic mass is 16.3. The van der Waals surface area contributed by atoms with Crippen LogP contribution >= 0.6 is 0 Å². The molecule has 54 heavy (non-hydrogen) atoms. The normalized spacial score (nSPS) is 11.7. The average molecular weight is 692 g/mol. The van der Waals surface area contributed by atoms with Crippen molar-refractivity contribution in [1.82, 2.24) is 15.0 Å². The zero-order chi connectivity index (χ0) is 35.6. The monoisotopic (exact) mass is 691 g/mol. The third kappa shape index (κ3) is 4.98. The van der Waals surface area contributed by atoms with E-state index in [-0.39, 0.29) is 0 Å². The third-order valence-corrected chi connectivity index (χ3v) is 10.3. The number of nitrogens with zero attached hydrogens (tertiary/aromatic N) is 3. The van der Waals surface area contributed by atoms with Gasteiger partial charge < -0.3 is 8.83 Å². The molecule has 0 saturated carbocycles. The van der Waals surface area contributed by atoms with Gasteiger partial charge in [0.05, 0.1) is 0 Å². The van der Waals surface area contributed by atoms with Crippen LogP contribution < -0.4 is 0 Å². The van der Waals surface area contributed by atoms with Crippen LogP contribution in [-0.4, -0.2) is 15.0 Å². The molecule has 0 amide bonds. The molecule has 0 atom stereocenters. The Bertz CT molecular complexity index is 3100. The van der Waals surface area contributed by atoms with E-state index < -0.39 is 0 Å². The Morgan fingerprint density at radius 1 is 0.296 bits per heavy atom. The summed E-state index contributed by atoms with van der Waals surface area (Å²) in [5.74, 6) is 1.79. The molecular formula is C49H29N3O2. The number of rotatable bonds is 5. The largest absolute Gasteiger partial charge is 0.455 e. The Hall–Kier alpha value is -7.37. The van der Waals surface area contributed by atoms with Crippen molar-refractivity contribution in [2.24, 2.45) is 0 Å². The highest BCUT2D eigenvalue weighted by Crippen LogP contribution is 2.42. The summed E-state index contributed by atoms with van der Waals surface area (Å²) in [6, 6.07) is 60.4. The number of para-hydroxylation sites is 4. The van der Waals surface area contributed by atoms with Gasteiger partial charge in [-0.1, -0.05) is 140 Å². The number of hydrogen-bond acceptors (Lipinski definition) is 5. The topological polar surface area (TPSA) is 65.0 Å². The lowest BCUT2D eigenvalue weighted by Gasteiger charge is -2.13. The molecule has 0 saturated heterocycles. The Morgan fingerprint density at radius 2 is 0.778 bits per heavy atom. The van der Waals surface area contributed by atoms with E-state index in [4.69, 9.17) is 23.8 Å². The van der Waals surface area contributed by atoms with Gasteiger partial charge in [-0.2, -0.15) is 0 Å². The van der Waals surface area contributed by atoms with E-state index in [1.807, 2.05) is 54.6 Å². The lowest BCUT2D eigenvalue weighted by atomic mass is 9.94. The molecule has 3 aromatic heterocycles. The molecule has 8 aromatic carbocycles. The Labute approximate surface area is 309 Å². The first-order valence-corrected chi connectivity index (χ1v) is 18.0. The maximum atomic E-state index is 6.57. The molecule has 252 valence electrons.